The Labute approximate surface area is 139 Å². The molecule has 0 saturated carbocycles. The van der Waals surface area contributed by atoms with E-state index < -0.39 is 0 Å². The van der Waals surface area contributed by atoms with Gasteiger partial charge in [0.2, 0.25) is 0 Å². The van der Waals surface area contributed by atoms with E-state index in [1.54, 1.807) is 11.1 Å². The smallest absolute Gasteiger partial charge is 0.00578 e. The predicted octanol–water partition coefficient (Wildman–Crippen LogP) is 5.16. The van der Waals surface area contributed by atoms with Crippen LogP contribution in [-0.4, -0.2) is 13.1 Å². The van der Waals surface area contributed by atoms with Gasteiger partial charge in [-0.2, -0.15) is 0 Å². The molecule has 2 heteroatoms. The van der Waals surface area contributed by atoms with Crippen molar-refractivity contribution in [2.75, 3.05) is 13.1 Å². The lowest BCUT2D eigenvalue weighted by molar-refractivity contribution is 0.674. The molecule has 1 aliphatic carbocycles. The second-order valence-corrected chi connectivity index (χ2v) is 7.03. The van der Waals surface area contributed by atoms with Crippen molar-refractivity contribution in [1.29, 1.82) is 0 Å². The number of hydrogen-bond acceptors (Lipinski definition) is 2. The molecule has 2 aromatic rings. The number of hydrogen-bond donors (Lipinski definition) is 1. The van der Waals surface area contributed by atoms with Crippen molar-refractivity contribution < 1.29 is 0 Å². The summed E-state index contributed by atoms with van der Waals surface area (Å²) in [7, 11) is 0. The quantitative estimate of drug-likeness (QED) is 0.751. The predicted molar refractivity (Wildman–Crippen MR) is 99.0 cm³/mol. The molecular weight excluding hydrogens is 286 g/mol. The molecule has 0 spiro atoms. The van der Waals surface area contributed by atoms with Crippen molar-refractivity contribution in [2.45, 2.75) is 52.4 Å². The Bertz CT molecular complexity index is 531. The van der Waals surface area contributed by atoms with Gasteiger partial charge in [-0.3, -0.25) is 0 Å². The molecular formula is C20H29NS. The van der Waals surface area contributed by atoms with E-state index in [1.807, 2.05) is 11.3 Å². The first-order chi connectivity index (χ1) is 10.8. The SMILES string of the molecule is CCCNCCc1cccs1.Cc1cccc2c1CCCC2. The summed E-state index contributed by atoms with van der Waals surface area (Å²) in [6.07, 6.45) is 7.79. The van der Waals surface area contributed by atoms with Gasteiger partial charge < -0.3 is 5.32 Å². The van der Waals surface area contributed by atoms with Crippen LogP contribution in [0.25, 0.3) is 0 Å². The van der Waals surface area contributed by atoms with Gasteiger partial charge in [-0.25, -0.2) is 0 Å². The molecule has 1 heterocycles. The lowest BCUT2D eigenvalue weighted by Gasteiger charge is -2.17. The molecule has 0 unspecified atom stereocenters. The second kappa shape index (κ2) is 9.81. The van der Waals surface area contributed by atoms with E-state index in [1.165, 1.54) is 49.0 Å². The van der Waals surface area contributed by atoms with Crippen molar-refractivity contribution in [3.63, 3.8) is 0 Å². The van der Waals surface area contributed by atoms with E-state index in [0.29, 0.717) is 0 Å². The first kappa shape index (κ1) is 17.2. The molecule has 1 aromatic heterocycles. The Morgan fingerprint density at radius 3 is 2.64 bits per heavy atom. The number of nitrogens with one attached hydrogen (secondary N) is 1. The van der Waals surface area contributed by atoms with E-state index in [4.69, 9.17) is 0 Å². The maximum Gasteiger partial charge on any atom is 0.00578 e. The highest BCUT2D eigenvalue weighted by Crippen LogP contribution is 2.23. The van der Waals surface area contributed by atoms with Crippen molar-refractivity contribution >= 4 is 11.3 Å². The third kappa shape index (κ3) is 5.58. The van der Waals surface area contributed by atoms with Gasteiger partial charge in [0, 0.05) is 4.88 Å². The Kier molecular flexibility index (Phi) is 7.68. The highest BCUT2D eigenvalue weighted by Gasteiger charge is 2.09. The minimum absolute atomic E-state index is 1.12. The zero-order valence-electron chi connectivity index (χ0n) is 14.0. The summed E-state index contributed by atoms with van der Waals surface area (Å²) in [5.74, 6) is 0. The summed E-state index contributed by atoms with van der Waals surface area (Å²) in [4.78, 5) is 1.48. The molecule has 1 aromatic carbocycles. The van der Waals surface area contributed by atoms with Gasteiger partial charge in [-0.1, -0.05) is 31.2 Å². The van der Waals surface area contributed by atoms with Crippen LogP contribution in [0.4, 0.5) is 0 Å². The maximum absolute atomic E-state index is 3.38. The van der Waals surface area contributed by atoms with Crippen LogP contribution in [0.2, 0.25) is 0 Å². The summed E-state index contributed by atoms with van der Waals surface area (Å²) in [5, 5.41) is 5.51. The van der Waals surface area contributed by atoms with E-state index in [2.05, 4.69) is 54.9 Å². The molecule has 1 nitrogen and oxygen atoms in total. The van der Waals surface area contributed by atoms with Crippen molar-refractivity contribution in [1.82, 2.24) is 5.32 Å². The molecule has 3 rings (SSSR count). The number of thiophene rings is 1. The third-order valence-electron chi connectivity index (χ3n) is 4.19. The van der Waals surface area contributed by atoms with Crippen LogP contribution in [0.3, 0.4) is 0 Å². The lowest BCUT2D eigenvalue weighted by Crippen LogP contribution is -2.17. The highest BCUT2D eigenvalue weighted by atomic mass is 32.1. The first-order valence-electron chi connectivity index (χ1n) is 8.61. The van der Waals surface area contributed by atoms with E-state index in [0.717, 1.165) is 13.1 Å². The topological polar surface area (TPSA) is 12.0 Å². The van der Waals surface area contributed by atoms with Crippen LogP contribution in [0, 0.1) is 6.92 Å². The van der Waals surface area contributed by atoms with Crippen LogP contribution < -0.4 is 5.32 Å². The molecule has 0 fully saturated rings. The molecule has 0 saturated heterocycles. The zero-order chi connectivity index (χ0) is 15.6. The van der Waals surface area contributed by atoms with Gasteiger partial charge >= 0.3 is 0 Å². The number of rotatable bonds is 5. The monoisotopic (exact) mass is 315 g/mol. The molecule has 22 heavy (non-hydrogen) atoms. The van der Waals surface area contributed by atoms with Crippen LogP contribution in [-0.2, 0) is 19.3 Å². The van der Waals surface area contributed by atoms with Gasteiger partial charge in [-0.05, 0) is 86.7 Å². The van der Waals surface area contributed by atoms with Crippen molar-refractivity contribution in [3.05, 3.63) is 57.3 Å². The van der Waals surface area contributed by atoms with Crippen LogP contribution in [0.5, 0.6) is 0 Å². The fraction of sp³-hybridized carbons (Fsp3) is 0.500. The summed E-state index contributed by atoms with van der Waals surface area (Å²) < 4.78 is 0. The van der Waals surface area contributed by atoms with Gasteiger partial charge in [0.1, 0.15) is 0 Å². The Balaban J connectivity index is 0.000000160. The highest BCUT2D eigenvalue weighted by molar-refractivity contribution is 7.09. The largest absolute Gasteiger partial charge is 0.316 e. The van der Waals surface area contributed by atoms with Crippen LogP contribution >= 0.6 is 11.3 Å². The molecule has 0 bridgehead atoms. The normalized spacial score (nSPS) is 13.2. The molecule has 0 atom stereocenters. The molecule has 0 aliphatic heterocycles. The summed E-state index contributed by atoms with van der Waals surface area (Å²) in [6, 6.07) is 11.0. The van der Waals surface area contributed by atoms with Gasteiger partial charge in [0.15, 0.2) is 0 Å². The minimum Gasteiger partial charge on any atom is -0.316 e. The molecule has 0 amide bonds. The van der Waals surface area contributed by atoms with Gasteiger partial charge in [-0.15, -0.1) is 11.3 Å². The minimum atomic E-state index is 1.12. The number of benzene rings is 1. The standard InChI is InChI=1S/C11H14.C9H15NS/c1-9-5-4-7-10-6-2-3-8-11(9)10;1-2-6-10-7-5-9-4-3-8-11-9/h4-5,7H,2-3,6,8H2,1H3;3-4,8,10H,2,5-7H2,1H3. The molecule has 120 valence electrons. The van der Waals surface area contributed by atoms with E-state index >= 15 is 0 Å². The van der Waals surface area contributed by atoms with Crippen molar-refractivity contribution in [3.8, 4) is 0 Å². The second-order valence-electron chi connectivity index (χ2n) is 6.00. The first-order valence-corrected chi connectivity index (χ1v) is 9.49. The lowest BCUT2D eigenvalue weighted by atomic mass is 9.89. The molecule has 0 radical (unpaired) electrons. The number of aryl methyl sites for hydroxylation is 2. The molecule has 1 aliphatic rings. The maximum atomic E-state index is 3.38. The fourth-order valence-electron chi connectivity index (χ4n) is 2.94. The molecule has 1 N–H and O–H groups in total. The summed E-state index contributed by atoms with van der Waals surface area (Å²) in [5.41, 5.74) is 4.71. The van der Waals surface area contributed by atoms with Gasteiger partial charge in [0.05, 0.1) is 0 Å². The van der Waals surface area contributed by atoms with E-state index in [9.17, 15) is 0 Å². The zero-order valence-corrected chi connectivity index (χ0v) is 14.8. The Hall–Kier alpha value is -1.12. The Morgan fingerprint density at radius 2 is 1.91 bits per heavy atom. The summed E-state index contributed by atoms with van der Waals surface area (Å²) in [6.45, 7) is 6.68. The van der Waals surface area contributed by atoms with Crippen LogP contribution in [0.1, 0.15) is 47.8 Å². The summed E-state index contributed by atoms with van der Waals surface area (Å²) >= 11 is 1.84. The Morgan fingerprint density at radius 1 is 1.05 bits per heavy atom. The van der Waals surface area contributed by atoms with Gasteiger partial charge in [0.25, 0.3) is 0 Å². The number of fused-ring (bicyclic) bond motifs is 1. The fourth-order valence-corrected chi connectivity index (χ4v) is 3.65. The average Bonchev–Trinajstić information content (AvgIpc) is 3.06. The third-order valence-corrected chi connectivity index (χ3v) is 5.12. The van der Waals surface area contributed by atoms with E-state index in [-0.39, 0.29) is 0 Å². The average molecular weight is 316 g/mol. The van der Waals surface area contributed by atoms with Crippen LogP contribution in [0.15, 0.2) is 35.7 Å². The van der Waals surface area contributed by atoms with Crippen molar-refractivity contribution in [2.24, 2.45) is 0 Å².